The Morgan fingerprint density at radius 1 is 1.03 bits per heavy atom. The van der Waals surface area contributed by atoms with Crippen LogP contribution >= 0.6 is 0 Å². The van der Waals surface area contributed by atoms with E-state index in [9.17, 15) is 4.79 Å². The van der Waals surface area contributed by atoms with Crippen LogP contribution in [-0.4, -0.2) is 54.0 Å². The molecule has 0 N–H and O–H groups in total. The molecule has 190 valence electrons. The molecule has 1 aliphatic heterocycles. The SMILES string of the molecule is Cc1ccc2c(c1)CN(C)CCC(c1ccccc1)CCCN(C(=O)CCc1cccnc1)CCO2. The van der Waals surface area contributed by atoms with E-state index < -0.39 is 0 Å². The molecule has 1 unspecified atom stereocenters. The van der Waals surface area contributed by atoms with Gasteiger partial charge in [0.25, 0.3) is 0 Å². The molecule has 1 atom stereocenters. The Balaban J connectivity index is 1.50. The summed E-state index contributed by atoms with van der Waals surface area (Å²) in [6.07, 6.45) is 7.97. The van der Waals surface area contributed by atoms with Gasteiger partial charge in [-0.1, -0.05) is 54.1 Å². The lowest BCUT2D eigenvalue weighted by Crippen LogP contribution is -2.36. The second-order valence-electron chi connectivity index (χ2n) is 9.98. The van der Waals surface area contributed by atoms with Crippen molar-refractivity contribution in [3.8, 4) is 5.75 Å². The molecule has 0 bridgehead atoms. The summed E-state index contributed by atoms with van der Waals surface area (Å²) in [7, 11) is 2.20. The Hall–Kier alpha value is -3.18. The van der Waals surface area contributed by atoms with Gasteiger partial charge in [0.2, 0.25) is 5.91 Å². The van der Waals surface area contributed by atoms with E-state index in [-0.39, 0.29) is 5.91 Å². The van der Waals surface area contributed by atoms with E-state index in [4.69, 9.17) is 4.74 Å². The van der Waals surface area contributed by atoms with E-state index >= 15 is 0 Å². The Bertz CT molecular complexity index is 1090. The molecule has 4 rings (SSSR count). The van der Waals surface area contributed by atoms with Crippen molar-refractivity contribution in [3.05, 3.63) is 95.3 Å². The summed E-state index contributed by atoms with van der Waals surface area (Å²) < 4.78 is 6.24. The summed E-state index contributed by atoms with van der Waals surface area (Å²) in [6, 6.07) is 21.2. The zero-order chi connectivity index (χ0) is 25.2. The van der Waals surface area contributed by atoms with E-state index in [0.717, 1.165) is 50.2 Å². The molecular formula is C31H39N3O2. The van der Waals surface area contributed by atoms with Gasteiger partial charge in [0.1, 0.15) is 12.4 Å². The number of carbonyl (C=O) groups is 1. The van der Waals surface area contributed by atoms with E-state index in [0.29, 0.717) is 31.9 Å². The molecule has 3 aromatic rings. The largest absolute Gasteiger partial charge is 0.491 e. The third-order valence-electron chi connectivity index (χ3n) is 7.09. The maximum absolute atomic E-state index is 13.2. The summed E-state index contributed by atoms with van der Waals surface area (Å²) in [5.74, 6) is 1.60. The van der Waals surface area contributed by atoms with Crippen LogP contribution in [0.15, 0.2) is 73.1 Å². The zero-order valence-electron chi connectivity index (χ0n) is 21.7. The molecule has 1 aromatic heterocycles. The van der Waals surface area contributed by atoms with Crippen molar-refractivity contribution in [1.82, 2.24) is 14.8 Å². The minimum atomic E-state index is 0.190. The van der Waals surface area contributed by atoms with Gasteiger partial charge in [0.15, 0.2) is 0 Å². The van der Waals surface area contributed by atoms with Crippen LogP contribution in [0.4, 0.5) is 0 Å². The zero-order valence-corrected chi connectivity index (χ0v) is 21.7. The summed E-state index contributed by atoms with van der Waals surface area (Å²) in [4.78, 5) is 21.8. The molecule has 1 aliphatic rings. The van der Waals surface area contributed by atoms with Crippen molar-refractivity contribution in [2.45, 2.75) is 51.5 Å². The fourth-order valence-corrected chi connectivity index (χ4v) is 5.03. The Morgan fingerprint density at radius 2 is 1.89 bits per heavy atom. The normalized spacial score (nSPS) is 18.1. The van der Waals surface area contributed by atoms with Crippen LogP contribution in [0.2, 0.25) is 0 Å². The van der Waals surface area contributed by atoms with E-state index in [2.05, 4.69) is 72.4 Å². The van der Waals surface area contributed by atoms with Gasteiger partial charge < -0.3 is 14.5 Å². The Morgan fingerprint density at radius 3 is 2.69 bits per heavy atom. The Kier molecular flexibility index (Phi) is 9.51. The highest BCUT2D eigenvalue weighted by Crippen LogP contribution is 2.27. The fraction of sp³-hybridized carbons (Fsp3) is 0.419. The molecule has 2 aromatic carbocycles. The van der Waals surface area contributed by atoms with Gasteiger partial charge in [-0.15, -0.1) is 0 Å². The van der Waals surface area contributed by atoms with Crippen molar-refractivity contribution >= 4 is 5.91 Å². The number of pyridine rings is 1. The molecule has 0 aliphatic carbocycles. The molecule has 0 fully saturated rings. The molecule has 0 spiro atoms. The van der Waals surface area contributed by atoms with Crippen LogP contribution < -0.4 is 4.74 Å². The van der Waals surface area contributed by atoms with Crippen LogP contribution in [0.3, 0.4) is 0 Å². The second kappa shape index (κ2) is 13.2. The highest BCUT2D eigenvalue weighted by molar-refractivity contribution is 5.76. The lowest BCUT2D eigenvalue weighted by molar-refractivity contribution is -0.131. The standard InChI is InChI=1S/C31H39N3O2/c1-25-12-14-30-29(22-25)24-33(2)19-16-28(27-9-4-3-5-10-27)11-7-18-34(20-21-36-30)31(35)15-13-26-8-6-17-32-23-26/h3-6,8-10,12,14,17,22-23,28H,7,11,13,15-16,18-21,24H2,1-2H3. The highest BCUT2D eigenvalue weighted by atomic mass is 16.5. The first-order valence-corrected chi connectivity index (χ1v) is 13.2. The van der Waals surface area contributed by atoms with Crippen molar-refractivity contribution in [1.29, 1.82) is 0 Å². The quantitative estimate of drug-likeness (QED) is 0.481. The van der Waals surface area contributed by atoms with E-state index in [1.165, 1.54) is 16.7 Å². The number of aromatic nitrogens is 1. The van der Waals surface area contributed by atoms with Gasteiger partial charge in [-0.05, 0) is 75.4 Å². The van der Waals surface area contributed by atoms with Gasteiger partial charge in [-0.3, -0.25) is 9.78 Å². The second-order valence-corrected chi connectivity index (χ2v) is 9.98. The molecule has 36 heavy (non-hydrogen) atoms. The first-order valence-electron chi connectivity index (χ1n) is 13.2. The number of rotatable bonds is 4. The number of fused-ring (bicyclic) bond motifs is 1. The summed E-state index contributed by atoms with van der Waals surface area (Å²) >= 11 is 0. The van der Waals surface area contributed by atoms with Crippen molar-refractivity contribution in [3.63, 3.8) is 0 Å². The van der Waals surface area contributed by atoms with Crippen LogP contribution in [0.5, 0.6) is 5.75 Å². The van der Waals surface area contributed by atoms with E-state index in [1.807, 2.05) is 23.2 Å². The summed E-state index contributed by atoms with van der Waals surface area (Å²) in [5.41, 5.74) is 4.94. The molecule has 0 saturated heterocycles. The van der Waals surface area contributed by atoms with Crippen LogP contribution in [0.25, 0.3) is 0 Å². The van der Waals surface area contributed by atoms with Crippen LogP contribution in [0.1, 0.15) is 53.9 Å². The average molecular weight is 486 g/mol. The number of aryl methyl sites for hydroxylation is 2. The predicted molar refractivity (Wildman–Crippen MR) is 145 cm³/mol. The molecule has 2 heterocycles. The minimum Gasteiger partial charge on any atom is -0.491 e. The van der Waals surface area contributed by atoms with Gasteiger partial charge in [-0.2, -0.15) is 0 Å². The topological polar surface area (TPSA) is 45.7 Å². The molecule has 5 nitrogen and oxygen atoms in total. The number of ether oxygens (including phenoxy) is 1. The third-order valence-corrected chi connectivity index (χ3v) is 7.09. The van der Waals surface area contributed by atoms with Crippen molar-refractivity contribution in [2.75, 3.05) is 33.3 Å². The van der Waals surface area contributed by atoms with Crippen LogP contribution in [-0.2, 0) is 17.8 Å². The van der Waals surface area contributed by atoms with Gasteiger partial charge in [0.05, 0.1) is 6.54 Å². The minimum absolute atomic E-state index is 0.190. The highest BCUT2D eigenvalue weighted by Gasteiger charge is 2.18. The summed E-state index contributed by atoms with van der Waals surface area (Å²) in [6.45, 7) is 5.85. The van der Waals surface area contributed by atoms with E-state index in [1.54, 1.807) is 6.20 Å². The lowest BCUT2D eigenvalue weighted by Gasteiger charge is -2.27. The number of amides is 1. The van der Waals surface area contributed by atoms with Crippen molar-refractivity contribution < 1.29 is 9.53 Å². The molecule has 1 amide bonds. The van der Waals surface area contributed by atoms with Crippen molar-refractivity contribution in [2.24, 2.45) is 0 Å². The molecule has 0 saturated carbocycles. The number of carbonyl (C=O) groups excluding carboxylic acids is 1. The fourth-order valence-electron chi connectivity index (χ4n) is 5.03. The van der Waals surface area contributed by atoms with Crippen LogP contribution in [0, 0.1) is 6.92 Å². The van der Waals surface area contributed by atoms with Gasteiger partial charge >= 0.3 is 0 Å². The maximum Gasteiger partial charge on any atom is 0.223 e. The monoisotopic (exact) mass is 485 g/mol. The number of hydrogen-bond acceptors (Lipinski definition) is 4. The number of benzene rings is 2. The smallest absolute Gasteiger partial charge is 0.223 e. The maximum atomic E-state index is 13.2. The number of hydrogen-bond donors (Lipinski definition) is 0. The molecule has 5 heteroatoms. The molecular weight excluding hydrogens is 446 g/mol. The lowest BCUT2D eigenvalue weighted by atomic mass is 9.91. The third kappa shape index (κ3) is 7.66. The van der Waals surface area contributed by atoms with Gasteiger partial charge in [-0.25, -0.2) is 0 Å². The Labute approximate surface area is 216 Å². The first kappa shape index (κ1) is 25.9. The summed E-state index contributed by atoms with van der Waals surface area (Å²) in [5, 5.41) is 0. The molecule has 0 radical (unpaired) electrons. The average Bonchev–Trinajstić information content (AvgIpc) is 2.90. The first-order chi connectivity index (χ1) is 17.6. The predicted octanol–water partition coefficient (Wildman–Crippen LogP) is 5.63. The number of nitrogens with zero attached hydrogens (tertiary/aromatic N) is 3. The van der Waals surface area contributed by atoms with Gasteiger partial charge in [0, 0.05) is 37.5 Å².